The number of hydrogen-bond donors (Lipinski definition) is 1. The van der Waals surface area contributed by atoms with Crippen LogP contribution in [0.2, 0.25) is 0 Å². The van der Waals surface area contributed by atoms with E-state index in [1.165, 1.54) is 0 Å². The first-order valence-corrected chi connectivity index (χ1v) is 7.91. The molecule has 0 aliphatic carbocycles. The van der Waals surface area contributed by atoms with E-state index in [4.69, 9.17) is 4.74 Å². The maximum absolute atomic E-state index is 11.2. The highest BCUT2D eigenvalue weighted by molar-refractivity contribution is 7.91. The van der Waals surface area contributed by atoms with Crippen molar-refractivity contribution >= 4 is 9.84 Å². The first-order chi connectivity index (χ1) is 7.53. The summed E-state index contributed by atoms with van der Waals surface area (Å²) in [6, 6.07) is 0.584. The van der Waals surface area contributed by atoms with Crippen molar-refractivity contribution in [1.29, 1.82) is 0 Å². The second-order valence-corrected chi connectivity index (χ2v) is 6.94. The van der Waals surface area contributed by atoms with Crippen molar-refractivity contribution in [3.63, 3.8) is 0 Å². The topological polar surface area (TPSA) is 55.4 Å². The van der Waals surface area contributed by atoms with Crippen LogP contribution in [0, 0.1) is 0 Å². The van der Waals surface area contributed by atoms with Gasteiger partial charge in [0.05, 0.1) is 11.9 Å². The quantitative estimate of drug-likeness (QED) is 0.713. The highest BCUT2D eigenvalue weighted by Gasteiger charge is 2.17. The summed E-state index contributed by atoms with van der Waals surface area (Å²) in [6.45, 7) is 5.30. The average Bonchev–Trinajstić information content (AvgIpc) is 2.27. The monoisotopic (exact) mass is 249 g/mol. The van der Waals surface area contributed by atoms with Crippen LogP contribution in [0.5, 0.6) is 0 Å². The van der Waals surface area contributed by atoms with Gasteiger partial charge in [-0.2, -0.15) is 0 Å². The zero-order chi connectivity index (χ0) is 12.0. The summed E-state index contributed by atoms with van der Waals surface area (Å²) in [7, 11) is -2.83. The van der Waals surface area contributed by atoms with Gasteiger partial charge in [-0.05, 0) is 26.2 Å². The number of nitrogens with one attached hydrogen (secondary N) is 1. The van der Waals surface area contributed by atoms with Gasteiger partial charge in [-0.15, -0.1) is 0 Å². The first-order valence-electron chi connectivity index (χ1n) is 6.09. The fraction of sp³-hybridized carbons (Fsp3) is 1.00. The number of sulfone groups is 1. The second-order valence-electron chi connectivity index (χ2n) is 4.47. The molecule has 2 unspecified atom stereocenters. The Bertz CT molecular complexity index is 282. The lowest BCUT2D eigenvalue weighted by atomic mass is 10.0. The number of hydrogen-bond acceptors (Lipinski definition) is 4. The van der Waals surface area contributed by atoms with Crippen molar-refractivity contribution in [3.05, 3.63) is 0 Å². The minimum atomic E-state index is -2.83. The molecule has 1 heterocycles. The van der Waals surface area contributed by atoms with Gasteiger partial charge >= 0.3 is 0 Å². The molecule has 0 radical (unpaired) electrons. The SMILES string of the molecule is CCS(=O)(=O)CCCOC1CCC(C)NC1. The van der Waals surface area contributed by atoms with Crippen molar-refractivity contribution in [2.45, 2.75) is 45.3 Å². The van der Waals surface area contributed by atoms with Gasteiger partial charge < -0.3 is 10.1 Å². The van der Waals surface area contributed by atoms with Crippen molar-refractivity contribution < 1.29 is 13.2 Å². The summed E-state index contributed by atoms with van der Waals surface area (Å²) in [5.74, 6) is 0.482. The zero-order valence-corrected chi connectivity index (χ0v) is 11.1. The van der Waals surface area contributed by atoms with E-state index in [1.54, 1.807) is 6.92 Å². The molecule has 0 aromatic rings. The van der Waals surface area contributed by atoms with E-state index >= 15 is 0 Å². The molecule has 1 aliphatic heterocycles. The third kappa shape index (κ3) is 5.27. The predicted molar refractivity (Wildman–Crippen MR) is 65.4 cm³/mol. The first kappa shape index (κ1) is 13.9. The third-order valence-electron chi connectivity index (χ3n) is 3.01. The minimum absolute atomic E-state index is 0.232. The maximum atomic E-state index is 11.2. The smallest absolute Gasteiger partial charge is 0.150 e. The minimum Gasteiger partial charge on any atom is -0.377 e. The van der Waals surface area contributed by atoms with Crippen molar-refractivity contribution in [2.24, 2.45) is 0 Å². The molecule has 1 saturated heterocycles. The van der Waals surface area contributed by atoms with Crippen LogP contribution in [0.3, 0.4) is 0 Å². The molecule has 5 heteroatoms. The molecule has 0 amide bonds. The lowest BCUT2D eigenvalue weighted by Crippen LogP contribution is -2.41. The Kier molecular flexibility index (Phi) is 5.72. The molecule has 2 atom stereocenters. The van der Waals surface area contributed by atoms with Gasteiger partial charge in [-0.3, -0.25) is 0 Å². The van der Waals surface area contributed by atoms with Crippen LogP contribution in [0.25, 0.3) is 0 Å². The van der Waals surface area contributed by atoms with Crippen LogP contribution in [0.1, 0.15) is 33.1 Å². The lowest BCUT2D eigenvalue weighted by Gasteiger charge is -2.27. The van der Waals surface area contributed by atoms with Crippen LogP contribution in [-0.4, -0.2) is 45.2 Å². The number of piperidine rings is 1. The Morgan fingerprint density at radius 2 is 2.12 bits per heavy atom. The Balaban J connectivity index is 2.08. The van der Waals surface area contributed by atoms with Gasteiger partial charge in [0.1, 0.15) is 9.84 Å². The summed E-state index contributed by atoms with van der Waals surface area (Å²) in [5, 5.41) is 3.36. The van der Waals surface area contributed by atoms with E-state index in [1.807, 2.05) is 0 Å². The lowest BCUT2D eigenvalue weighted by molar-refractivity contribution is 0.0314. The predicted octanol–water partition coefficient (Wildman–Crippen LogP) is 0.968. The van der Waals surface area contributed by atoms with Crippen molar-refractivity contribution in [1.82, 2.24) is 5.32 Å². The Labute approximate surface area is 98.7 Å². The van der Waals surface area contributed by atoms with E-state index in [0.29, 0.717) is 19.1 Å². The van der Waals surface area contributed by atoms with Gasteiger partial charge in [-0.1, -0.05) is 6.92 Å². The summed E-state index contributed by atoms with van der Waals surface area (Å²) >= 11 is 0. The van der Waals surface area contributed by atoms with Crippen LogP contribution < -0.4 is 5.32 Å². The van der Waals surface area contributed by atoms with Gasteiger partial charge in [0.2, 0.25) is 0 Å². The van der Waals surface area contributed by atoms with E-state index in [0.717, 1.165) is 19.4 Å². The molecule has 0 spiro atoms. The van der Waals surface area contributed by atoms with Crippen molar-refractivity contribution in [2.75, 3.05) is 24.7 Å². The van der Waals surface area contributed by atoms with Crippen LogP contribution in [-0.2, 0) is 14.6 Å². The molecule has 1 N–H and O–H groups in total. The van der Waals surface area contributed by atoms with Gasteiger partial charge in [0.25, 0.3) is 0 Å². The van der Waals surface area contributed by atoms with Gasteiger partial charge in [0, 0.05) is 24.9 Å². The van der Waals surface area contributed by atoms with E-state index in [2.05, 4.69) is 12.2 Å². The summed E-state index contributed by atoms with van der Waals surface area (Å²) in [5.41, 5.74) is 0. The van der Waals surface area contributed by atoms with Crippen LogP contribution in [0.4, 0.5) is 0 Å². The van der Waals surface area contributed by atoms with Crippen LogP contribution >= 0.6 is 0 Å². The molecule has 1 aliphatic rings. The van der Waals surface area contributed by atoms with E-state index in [9.17, 15) is 8.42 Å². The summed E-state index contributed by atoms with van der Waals surface area (Å²) < 4.78 is 28.1. The van der Waals surface area contributed by atoms with E-state index in [-0.39, 0.29) is 17.6 Å². The molecule has 96 valence electrons. The largest absolute Gasteiger partial charge is 0.377 e. The number of rotatable bonds is 6. The van der Waals surface area contributed by atoms with Crippen molar-refractivity contribution in [3.8, 4) is 0 Å². The van der Waals surface area contributed by atoms with Gasteiger partial charge in [-0.25, -0.2) is 8.42 Å². The molecule has 0 aromatic carbocycles. The van der Waals surface area contributed by atoms with E-state index < -0.39 is 9.84 Å². The highest BCUT2D eigenvalue weighted by atomic mass is 32.2. The molecule has 1 rings (SSSR count). The summed E-state index contributed by atoms with van der Waals surface area (Å²) in [4.78, 5) is 0. The summed E-state index contributed by atoms with van der Waals surface area (Å²) in [6.07, 6.45) is 3.09. The zero-order valence-electron chi connectivity index (χ0n) is 10.2. The Hall–Kier alpha value is -0.130. The standard InChI is InChI=1S/C11H23NO3S/c1-3-16(13,14)8-4-7-15-11-6-5-10(2)12-9-11/h10-12H,3-9H2,1-2H3. The molecule has 0 bridgehead atoms. The fourth-order valence-corrected chi connectivity index (χ4v) is 2.63. The third-order valence-corrected chi connectivity index (χ3v) is 4.80. The fourth-order valence-electron chi connectivity index (χ4n) is 1.79. The normalized spacial score (nSPS) is 26.9. The van der Waals surface area contributed by atoms with Gasteiger partial charge in [0.15, 0.2) is 0 Å². The second kappa shape index (κ2) is 6.57. The average molecular weight is 249 g/mol. The molecular weight excluding hydrogens is 226 g/mol. The maximum Gasteiger partial charge on any atom is 0.150 e. The molecular formula is C11H23NO3S. The number of ether oxygens (including phenoxy) is 1. The molecule has 0 saturated carbocycles. The molecule has 4 nitrogen and oxygen atoms in total. The highest BCUT2D eigenvalue weighted by Crippen LogP contribution is 2.11. The molecule has 1 fully saturated rings. The Morgan fingerprint density at radius 3 is 2.69 bits per heavy atom. The Morgan fingerprint density at radius 1 is 1.38 bits per heavy atom. The molecule has 0 aromatic heterocycles. The molecule has 16 heavy (non-hydrogen) atoms. The van der Waals surface area contributed by atoms with Crippen LogP contribution in [0.15, 0.2) is 0 Å².